The van der Waals surface area contributed by atoms with Crippen LogP contribution in [0.3, 0.4) is 0 Å². The van der Waals surface area contributed by atoms with E-state index in [0.717, 1.165) is 42.9 Å². The number of ether oxygens (including phenoxy) is 1. The highest BCUT2D eigenvalue weighted by molar-refractivity contribution is 7.91. The van der Waals surface area contributed by atoms with Gasteiger partial charge in [0, 0.05) is 31.8 Å². The number of imidazole rings is 1. The van der Waals surface area contributed by atoms with Gasteiger partial charge in [0.2, 0.25) is 15.0 Å². The highest BCUT2D eigenvalue weighted by atomic mass is 32.2. The van der Waals surface area contributed by atoms with Crippen LogP contribution in [-0.4, -0.2) is 53.9 Å². The van der Waals surface area contributed by atoms with E-state index < -0.39 is 9.84 Å². The van der Waals surface area contributed by atoms with Crippen molar-refractivity contribution in [1.29, 1.82) is 0 Å². The summed E-state index contributed by atoms with van der Waals surface area (Å²) in [6, 6.07) is 0.297. The lowest BCUT2D eigenvalue weighted by Crippen LogP contribution is -2.34. The van der Waals surface area contributed by atoms with Crippen LogP contribution in [0.25, 0.3) is 0 Å². The molecule has 2 aromatic rings. The van der Waals surface area contributed by atoms with Crippen LogP contribution in [0.2, 0.25) is 0 Å². The van der Waals surface area contributed by atoms with Gasteiger partial charge < -0.3 is 9.30 Å². The average molecular weight is 425 g/mol. The van der Waals surface area contributed by atoms with Gasteiger partial charge in [0.25, 0.3) is 0 Å². The number of rotatable bonds is 9. The molecule has 0 N–H and O–H groups in total. The summed E-state index contributed by atoms with van der Waals surface area (Å²) in [5, 5.41) is 3.37. The van der Waals surface area contributed by atoms with Crippen LogP contribution in [0.15, 0.2) is 22.9 Å². The molecule has 1 aliphatic heterocycles. The molecule has 1 aliphatic carbocycles. The first-order valence-corrected chi connectivity index (χ1v) is 12.5. The molecule has 2 fully saturated rings. The van der Waals surface area contributed by atoms with Gasteiger partial charge in [-0.25, -0.2) is 18.4 Å². The molecule has 9 heteroatoms. The SMILES string of the molecule is COCCn1c(CN2CCCC[C@@H]2c2nccs2)cnc1S(=O)(=O)CC1CC1. The molecule has 4 rings (SSSR count). The number of nitrogens with zero attached hydrogens (tertiary/aromatic N) is 4. The molecule has 3 heterocycles. The molecule has 0 radical (unpaired) electrons. The Hall–Kier alpha value is -1.29. The first-order valence-electron chi connectivity index (χ1n) is 9.98. The molecule has 1 atom stereocenters. The summed E-state index contributed by atoms with van der Waals surface area (Å²) in [5.41, 5.74) is 0.940. The summed E-state index contributed by atoms with van der Waals surface area (Å²) >= 11 is 1.69. The van der Waals surface area contributed by atoms with E-state index in [-0.39, 0.29) is 10.9 Å². The maximum Gasteiger partial charge on any atom is 0.227 e. The first kappa shape index (κ1) is 20.0. The third-order valence-electron chi connectivity index (χ3n) is 5.57. The van der Waals surface area contributed by atoms with Crippen LogP contribution in [0, 0.1) is 5.92 Å². The van der Waals surface area contributed by atoms with Gasteiger partial charge in [-0.2, -0.15) is 0 Å². The summed E-state index contributed by atoms with van der Waals surface area (Å²) in [6.45, 7) is 2.63. The normalized spacial score (nSPS) is 21.2. The Bertz CT molecular complexity index is 875. The molecule has 154 valence electrons. The van der Waals surface area contributed by atoms with Gasteiger partial charge >= 0.3 is 0 Å². The van der Waals surface area contributed by atoms with Crippen molar-refractivity contribution < 1.29 is 13.2 Å². The van der Waals surface area contributed by atoms with Gasteiger partial charge in [-0.1, -0.05) is 6.42 Å². The maximum atomic E-state index is 12.9. The number of hydrogen-bond acceptors (Lipinski definition) is 7. The van der Waals surface area contributed by atoms with E-state index in [1.807, 2.05) is 16.1 Å². The van der Waals surface area contributed by atoms with Crippen LogP contribution in [0.4, 0.5) is 0 Å². The van der Waals surface area contributed by atoms with Gasteiger partial charge in [0.15, 0.2) is 0 Å². The van der Waals surface area contributed by atoms with E-state index in [1.54, 1.807) is 24.6 Å². The summed E-state index contributed by atoms with van der Waals surface area (Å²) in [7, 11) is -1.73. The number of likely N-dealkylation sites (tertiary alicyclic amines) is 1. The summed E-state index contributed by atoms with van der Waals surface area (Å²) in [5.74, 6) is 0.513. The lowest BCUT2D eigenvalue weighted by molar-refractivity contribution is 0.134. The van der Waals surface area contributed by atoms with Crippen LogP contribution in [-0.2, 0) is 27.7 Å². The second kappa shape index (κ2) is 8.61. The van der Waals surface area contributed by atoms with E-state index in [4.69, 9.17) is 4.74 Å². The van der Waals surface area contributed by atoms with Gasteiger partial charge in [0.1, 0.15) is 5.01 Å². The van der Waals surface area contributed by atoms with E-state index in [9.17, 15) is 8.42 Å². The minimum atomic E-state index is -3.37. The second-order valence-electron chi connectivity index (χ2n) is 7.75. The van der Waals surface area contributed by atoms with E-state index in [1.165, 1.54) is 6.42 Å². The third-order valence-corrected chi connectivity index (χ3v) is 8.24. The average Bonchev–Trinajstić information content (AvgIpc) is 3.17. The van der Waals surface area contributed by atoms with Crippen molar-refractivity contribution in [2.75, 3.05) is 26.0 Å². The Morgan fingerprint density at radius 2 is 2.11 bits per heavy atom. The van der Waals surface area contributed by atoms with Crippen molar-refractivity contribution in [2.24, 2.45) is 5.92 Å². The van der Waals surface area contributed by atoms with Gasteiger partial charge in [-0.15, -0.1) is 11.3 Å². The van der Waals surface area contributed by atoms with Crippen molar-refractivity contribution in [3.8, 4) is 0 Å². The van der Waals surface area contributed by atoms with Crippen LogP contribution < -0.4 is 0 Å². The quantitative estimate of drug-likeness (QED) is 0.616. The molecular formula is C19H28N4O3S2. The van der Waals surface area contributed by atoms with Crippen molar-refractivity contribution in [3.63, 3.8) is 0 Å². The van der Waals surface area contributed by atoms with Crippen LogP contribution >= 0.6 is 11.3 Å². The fourth-order valence-corrected chi connectivity index (χ4v) is 6.59. The van der Waals surface area contributed by atoms with Gasteiger partial charge in [-0.3, -0.25) is 4.90 Å². The van der Waals surface area contributed by atoms with Crippen LogP contribution in [0.1, 0.15) is 48.8 Å². The van der Waals surface area contributed by atoms with Gasteiger partial charge in [-0.05, 0) is 38.1 Å². The summed E-state index contributed by atoms with van der Waals surface area (Å²) < 4.78 is 32.8. The minimum Gasteiger partial charge on any atom is -0.383 e. The number of thiazole rings is 1. The monoisotopic (exact) mass is 424 g/mol. The summed E-state index contributed by atoms with van der Waals surface area (Å²) in [4.78, 5) is 11.3. The molecule has 1 saturated carbocycles. The Morgan fingerprint density at radius 3 is 2.82 bits per heavy atom. The largest absolute Gasteiger partial charge is 0.383 e. The minimum absolute atomic E-state index is 0.203. The standard InChI is InChI=1S/C19H28N4O3S2/c1-26-10-9-23-16(12-21-19(23)28(24,25)14-15-5-6-15)13-22-8-3-2-4-17(22)18-20-7-11-27-18/h7,11-12,15,17H,2-6,8-10,13-14H2,1H3/t17-/m1/s1. The lowest BCUT2D eigenvalue weighted by atomic mass is 10.0. The van der Waals surface area contributed by atoms with Crippen molar-refractivity contribution in [3.05, 3.63) is 28.5 Å². The number of aromatic nitrogens is 3. The zero-order chi connectivity index (χ0) is 19.6. The van der Waals surface area contributed by atoms with Gasteiger partial charge in [0.05, 0.1) is 30.3 Å². The number of hydrogen-bond donors (Lipinski definition) is 0. The van der Waals surface area contributed by atoms with E-state index in [2.05, 4.69) is 14.9 Å². The highest BCUT2D eigenvalue weighted by Crippen LogP contribution is 2.34. The molecule has 2 aliphatic rings. The fraction of sp³-hybridized carbons (Fsp3) is 0.684. The van der Waals surface area contributed by atoms with Crippen molar-refractivity contribution >= 4 is 21.2 Å². The molecule has 28 heavy (non-hydrogen) atoms. The molecule has 0 bridgehead atoms. The highest BCUT2D eigenvalue weighted by Gasteiger charge is 2.33. The topological polar surface area (TPSA) is 77.3 Å². The number of sulfone groups is 1. The number of methoxy groups -OCH3 is 1. The molecule has 0 aromatic carbocycles. The molecule has 2 aromatic heterocycles. The second-order valence-corrected chi connectivity index (χ2v) is 10.6. The molecule has 0 unspecified atom stereocenters. The summed E-state index contributed by atoms with van der Waals surface area (Å²) in [6.07, 6.45) is 9.06. The Morgan fingerprint density at radius 1 is 1.25 bits per heavy atom. The molecule has 0 spiro atoms. The van der Waals surface area contributed by atoms with E-state index in [0.29, 0.717) is 31.7 Å². The molecular weight excluding hydrogens is 396 g/mol. The zero-order valence-corrected chi connectivity index (χ0v) is 17.9. The molecule has 1 saturated heterocycles. The molecule has 0 amide bonds. The smallest absolute Gasteiger partial charge is 0.227 e. The Kier molecular flexibility index (Phi) is 6.15. The van der Waals surface area contributed by atoms with Crippen molar-refractivity contribution in [1.82, 2.24) is 19.4 Å². The Labute approximate surface area is 170 Å². The maximum absolute atomic E-state index is 12.9. The van der Waals surface area contributed by atoms with Crippen LogP contribution in [0.5, 0.6) is 0 Å². The Balaban J connectivity index is 1.59. The van der Waals surface area contributed by atoms with Crippen molar-refractivity contribution in [2.45, 2.75) is 56.4 Å². The lowest BCUT2D eigenvalue weighted by Gasteiger charge is -2.34. The van der Waals surface area contributed by atoms with E-state index >= 15 is 0 Å². The number of piperidine rings is 1. The third kappa shape index (κ3) is 4.48. The molecule has 7 nitrogen and oxygen atoms in total. The first-order chi connectivity index (χ1) is 13.6. The predicted molar refractivity (Wildman–Crippen MR) is 108 cm³/mol. The fourth-order valence-electron chi connectivity index (χ4n) is 3.92. The zero-order valence-electron chi connectivity index (χ0n) is 16.3. The predicted octanol–water partition coefficient (Wildman–Crippen LogP) is 2.90.